The van der Waals surface area contributed by atoms with E-state index in [0.29, 0.717) is 0 Å². The molecular formula is C11H23N. The highest BCUT2D eigenvalue weighted by atomic mass is 14.9. The molecule has 1 fully saturated rings. The highest BCUT2D eigenvalue weighted by Gasteiger charge is 2.40. The Kier molecular flexibility index (Phi) is 3.57. The van der Waals surface area contributed by atoms with Crippen molar-refractivity contribution in [1.29, 1.82) is 0 Å². The molecular weight excluding hydrogens is 146 g/mol. The molecule has 0 amide bonds. The van der Waals surface area contributed by atoms with Gasteiger partial charge >= 0.3 is 0 Å². The van der Waals surface area contributed by atoms with Crippen molar-refractivity contribution in [2.75, 3.05) is 7.05 Å². The minimum atomic E-state index is 0.726. The quantitative estimate of drug-likeness (QED) is 0.667. The second-order valence-electron chi connectivity index (χ2n) is 4.35. The maximum Gasteiger partial charge on any atom is 0.00746 e. The molecule has 0 spiro atoms. The van der Waals surface area contributed by atoms with Gasteiger partial charge in [-0.25, -0.2) is 0 Å². The summed E-state index contributed by atoms with van der Waals surface area (Å²) in [5.74, 6) is 0. The molecule has 1 saturated carbocycles. The van der Waals surface area contributed by atoms with Gasteiger partial charge in [-0.15, -0.1) is 0 Å². The average molecular weight is 169 g/mol. The molecule has 0 radical (unpaired) electrons. The van der Waals surface area contributed by atoms with E-state index in [2.05, 4.69) is 26.2 Å². The van der Waals surface area contributed by atoms with E-state index < -0.39 is 0 Å². The molecule has 12 heavy (non-hydrogen) atoms. The van der Waals surface area contributed by atoms with Gasteiger partial charge in [0.15, 0.2) is 0 Å². The summed E-state index contributed by atoms with van der Waals surface area (Å²) in [7, 11) is 2.09. The van der Waals surface area contributed by atoms with Crippen LogP contribution in [-0.4, -0.2) is 13.1 Å². The molecule has 0 aliphatic heterocycles. The van der Waals surface area contributed by atoms with Gasteiger partial charge in [-0.2, -0.15) is 0 Å². The van der Waals surface area contributed by atoms with Gasteiger partial charge in [-0.3, -0.25) is 0 Å². The summed E-state index contributed by atoms with van der Waals surface area (Å²) in [6, 6.07) is 0.821. The molecule has 0 atom stereocenters. The predicted molar refractivity (Wildman–Crippen MR) is 54.3 cm³/mol. The van der Waals surface area contributed by atoms with Crippen LogP contribution in [0.3, 0.4) is 0 Å². The van der Waals surface area contributed by atoms with Crippen LogP contribution >= 0.6 is 0 Å². The lowest BCUT2D eigenvalue weighted by molar-refractivity contribution is 0.0680. The van der Waals surface area contributed by atoms with Crippen LogP contribution in [0.4, 0.5) is 0 Å². The number of hydrogen-bond donors (Lipinski definition) is 1. The van der Waals surface area contributed by atoms with Crippen LogP contribution in [0.2, 0.25) is 0 Å². The van der Waals surface area contributed by atoms with Crippen molar-refractivity contribution in [1.82, 2.24) is 5.32 Å². The second kappa shape index (κ2) is 4.27. The highest BCUT2D eigenvalue weighted by Crippen LogP contribution is 2.47. The monoisotopic (exact) mass is 169 g/mol. The smallest absolute Gasteiger partial charge is 0.00746 e. The third kappa shape index (κ3) is 2.01. The highest BCUT2D eigenvalue weighted by molar-refractivity contribution is 4.95. The van der Waals surface area contributed by atoms with E-state index in [0.717, 1.165) is 11.5 Å². The van der Waals surface area contributed by atoms with Crippen LogP contribution in [0.25, 0.3) is 0 Å². The van der Waals surface area contributed by atoms with Crippen molar-refractivity contribution in [2.45, 2.75) is 58.4 Å². The molecule has 1 heteroatoms. The first-order chi connectivity index (χ1) is 5.76. The van der Waals surface area contributed by atoms with Crippen molar-refractivity contribution in [2.24, 2.45) is 5.41 Å². The topological polar surface area (TPSA) is 12.0 Å². The van der Waals surface area contributed by atoms with E-state index in [1.54, 1.807) is 0 Å². The first kappa shape index (κ1) is 10.0. The molecule has 1 rings (SSSR count). The molecule has 0 bridgehead atoms. The van der Waals surface area contributed by atoms with Crippen molar-refractivity contribution in [3.8, 4) is 0 Å². The minimum absolute atomic E-state index is 0.726. The van der Waals surface area contributed by atoms with Gasteiger partial charge in [0.1, 0.15) is 0 Å². The zero-order valence-electron chi connectivity index (χ0n) is 8.82. The Balaban J connectivity index is 2.26. The summed E-state index contributed by atoms with van der Waals surface area (Å²) in [5.41, 5.74) is 0.726. The molecule has 1 aliphatic rings. The van der Waals surface area contributed by atoms with Crippen molar-refractivity contribution in [3.05, 3.63) is 0 Å². The van der Waals surface area contributed by atoms with Crippen molar-refractivity contribution in [3.63, 3.8) is 0 Å². The van der Waals surface area contributed by atoms with Crippen molar-refractivity contribution < 1.29 is 0 Å². The fourth-order valence-corrected chi connectivity index (χ4v) is 2.41. The number of nitrogens with one attached hydrogen (secondary N) is 1. The van der Waals surface area contributed by atoms with Gasteiger partial charge < -0.3 is 5.32 Å². The van der Waals surface area contributed by atoms with Crippen LogP contribution < -0.4 is 5.32 Å². The lowest BCUT2D eigenvalue weighted by atomic mass is 9.61. The maximum atomic E-state index is 3.37. The third-order valence-corrected chi connectivity index (χ3v) is 3.58. The van der Waals surface area contributed by atoms with Gasteiger partial charge in [0.2, 0.25) is 0 Å². The van der Waals surface area contributed by atoms with Crippen LogP contribution in [-0.2, 0) is 0 Å². The molecule has 0 saturated heterocycles. The number of rotatable bonds is 5. The van der Waals surface area contributed by atoms with E-state index >= 15 is 0 Å². The molecule has 72 valence electrons. The number of unbranched alkanes of at least 4 members (excludes halogenated alkanes) is 1. The average Bonchev–Trinajstić information content (AvgIpc) is 2.04. The molecule has 0 unspecified atom stereocenters. The molecule has 1 nitrogen and oxygen atoms in total. The minimum Gasteiger partial charge on any atom is -0.317 e. The first-order valence-corrected chi connectivity index (χ1v) is 5.43. The lowest BCUT2D eigenvalue weighted by Crippen LogP contribution is -2.47. The van der Waals surface area contributed by atoms with Gasteiger partial charge in [0.25, 0.3) is 0 Å². The first-order valence-electron chi connectivity index (χ1n) is 5.43. The van der Waals surface area contributed by atoms with Crippen LogP contribution in [0.15, 0.2) is 0 Å². The Bertz CT molecular complexity index is 119. The summed E-state index contributed by atoms with van der Waals surface area (Å²) >= 11 is 0. The van der Waals surface area contributed by atoms with Gasteiger partial charge in [-0.05, 0) is 31.7 Å². The molecule has 0 aromatic heterocycles. The van der Waals surface area contributed by atoms with Gasteiger partial charge in [0.05, 0.1) is 0 Å². The Labute approximate surface area is 76.9 Å². The molecule has 0 aromatic rings. The van der Waals surface area contributed by atoms with Gasteiger partial charge in [0, 0.05) is 6.04 Å². The zero-order valence-corrected chi connectivity index (χ0v) is 8.82. The SMILES string of the molecule is CCCCC1(CC)CC(NC)C1. The largest absolute Gasteiger partial charge is 0.317 e. The standard InChI is InChI=1S/C11H23N/c1-4-6-7-11(5-2)8-10(9-11)12-3/h10,12H,4-9H2,1-3H3. The second-order valence-corrected chi connectivity index (χ2v) is 4.35. The summed E-state index contributed by atoms with van der Waals surface area (Å²) in [6.07, 6.45) is 8.44. The van der Waals surface area contributed by atoms with E-state index in [9.17, 15) is 0 Å². The van der Waals surface area contributed by atoms with Crippen LogP contribution in [0, 0.1) is 5.41 Å². The maximum absolute atomic E-state index is 3.37. The van der Waals surface area contributed by atoms with Crippen LogP contribution in [0.1, 0.15) is 52.4 Å². The number of hydrogen-bond acceptors (Lipinski definition) is 1. The summed E-state index contributed by atoms with van der Waals surface area (Å²) < 4.78 is 0. The van der Waals surface area contributed by atoms with Gasteiger partial charge in [-0.1, -0.05) is 33.1 Å². The lowest BCUT2D eigenvalue weighted by Gasteiger charge is -2.48. The Morgan fingerprint density at radius 1 is 1.33 bits per heavy atom. The Morgan fingerprint density at radius 2 is 2.00 bits per heavy atom. The van der Waals surface area contributed by atoms with E-state index in [1.807, 2.05) is 0 Å². The molecule has 0 aromatic carbocycles. The Hall–Kier alpha value is -0.0400. The fourth-order valence-electron chi connectivity index (χ4n) is 2.41. The normalized spacial score (nSPS) is 34.8. The third-order valence-electron chi connectivity index (χ3n) is 3.58. The summed E-state index contributed by atoms with van der Waals surface area (Å²) in [5, 5.41) is 3.37. The summed E-state index contributed by atoms with van der Waals surface area (Å²) in [6.45, 7) is 4.64. The van der Waals surface area contributed by atoms with E-state index in [1.165, 1.54) is 38.5 Å². The predicted octanol–water partition coefficient (Wildman–Crippen LogP) is 2.95. The van der Waals surface area contributed by atoms with Crippen molar-refractivity contribution >= 4 is 0 Å². The van der Waals surface area contributed by atoms with Crippen LogP contribution in [0.5, 0.6) is 0 Å². The van der Waals surface area contributed by atoms with E-state index in [-0.39, 0.29) is 0 Å². The molecule has 1 aliphatic carbocycles. The molecule has 0 heterocycles. The fraction of sp³-hybridized carbons (Fsp3) is 1.00. The summed E-state index contributed by atoms with van der Waals surface area (Å²) in [4.78, 5) is 0. The zero-order chi connectivity index (χ0) is 9.03. The van der Waals surface area contributed by atoms with E-state index in [4.69, 9.17) is 0 Å². The molecule has 1 N–H and O–H groups in total. The Morgan fingerprint density at radius 3 is 2.42 bits per heavy atom.